The van der Waals surface area contributed by atoms with Gasteiger partial charge in [0.2, 0.25) is 0 Å². The summed E-state index contributed by atoms with van der Waals surface area (Å²) in [6.07, 6.45) is 0. The van der Waals surface area contributed by atoms with Gasteiger partial charge >= 0.3 is 0 Å². The van der Waals surface area contributed by atoms with Gasteiger partial charge in [-0.3, -0.25) is 4.79 Å². The molecule has 0 aliphatic heterocycles. The number of Topliss-reactive ketones (excluding diaryl/α,β-unsaturated/α-hetero) is 1. The maximum atomic E-state index is 11.2. The molecule has 66 valence electrons. The SMILES string of the molecule is CC(=O)c1ccsc1[Si](C)(C)C. The lowest BCUT2D eigenvalue weighted by molar-refractivity contribution is 0.101. The first-order valence-electron chi connectivity index (χ1n) is 4.02. The minimum atomic E-state index is -1.29. The zero-order valence-electron chi connectivity index (χ0n) is 7.97. The molecular weight excluding hydrogens is 184 g/mol. The average Bonchev–Trinajstić information content (AvgIpc) is 2.30. The van der Waals surface area contributed by atoms with Gasteiger partial charge in [0.15, 0.2) is 5.78 Å². The van der Waals surface area contributed by atoms with Crippen LogP contribution < -0.4 is 4.50 Å². The quantitative estimate of drug-likeness (QED) is 0.527. The first kappa shape index (κ1) is 9.67. The summed E-state index contributed by atoms with van der Waals surface area (Å²) >= 11 is 1.73. The van der Waals surface area contributed by atoms with E-state index in [9.17, 15) is 4.79 Å². The fraction of sp³-hybridized carbons (Fsp3) is 0.444. The predicted molar refractivity (Wildman–Crippen MR) is 57.3 cm³/mol. The highest BCUT2D eigenvalue weighted by atomic mass is 32.1. The lowest BCUT2D eigenvalue weighted by atomic mass is 10.2. The number of ketones is 1. The predicted octanol–water partition coefficient (Wildman–Crippen LogP) is 2.50. The molecule has 0 radical (unpaired) electrons. The fourth-order valence-electron chi connectivity index (χ4n) is 1.17. The van der Waals surface area contributed by atoms with Crippen molar-refractivity contribution in [3.05, 3.63) is 17.0 Å². The van der Waals surface area contributed by atoms with Crippen LogP contribution in [0.2, 0.25) is 19.6 Å². The van der Waals surface area contributed by atoms with E-state index in [0.717, 1.165) is 5.56 Å². The van der Waals surface area contributed by atoms with Crippen LogP contribution in [0.5, 0.6) is 0 Å². The van der Waals surface area contributed by atoms with Crippen LogP contribution in [0, 0.1) is 0 Å². The van der Waals surface area contributed by atoms with E-state index in [1.807, 2.05) is 11.4 Å². The lowest BCUT2D eigenvalue weighted by Crippen LogP contribution is -2.38. The third-order valence-electron chi connectivity index (χ3n) is 1.73. The van der Waals surface area contributed by atoms with E-state index in [2.05, 4.69) is 19.6 Å². The summed E-state index contributed by atoms with van der Waals surface area (Å²) in [4.78, 5) is 11.2. The van der Waals surface area contributed by atoms with E-state index in [0.29, 0.717) is 0 Å². The first-order chi connectivity index (χ1) is 5.43. The van der Waals surface area contributed by atoms with Crippen molar-refractivity contribution in [2.24, 2.45) is 0 Å². The number of carbonyl (C=O) groups excluding carboxylic acids is 1. The van der Waals surface area contributed by atoms with Gasteiger partial charge in [-0.05, 0) is 18.4 Å². The summed E-state index contributed by atoms with van der Waals surface area (Å²) < 4.78 is 1.33. The Balaban J connectivity index is 3.17. The molecule has 0 aliphatic rings. The van der Waals surface area contributed by atoms with Crippen molar-refractivity contribution in [1.29, 1.82) is 0 Å². The van der Waals surface area contributed by atoms with Crippen LogP contribution in [0.3, 0.4) is 0 Å². The number of hydrogen-bond acceptors (Lipinski definition) is 2. The Kier molecular flexibility index (Phi) is 2.54. The highest BCUT2D eigenvalue weighted by Gasteiger charge is 2.23. The Morgan fingerprint density at radius 2 is 2.00 bits per heavy atom. The molecule has 1 nitrogen and oxygen atoms in total. The van der Waals surface area contributed by atoms with Crippen molar-refractivity contribution in [1.82, 2.24) is 0 Å². The van der Waals surface area contributed by atoms with Crippen molar-refractivity contribution in [3.63, 3.8) is 0 Å². The van der Waals surface area contributed by atoms with E-state index in [-0.39, 0.29) is 5.78 Å². The van der Waals surface area contributed by atoms with Crippen molar-refractivity contribution >= 4 is 29.7 Å². The number of carbonyl (C=O) groups is 1. The standard InChI is InChI=1S/C9H14OSSi/c1-7(10)8-5-6-11-9(8)12(2,3)4/h5-6H,1-4H3. The van der Waals surface area contributed by atoms with Crippen molar-refractivity contribution in [2.45, 2.75) is 26.6 Å². The molecule has 0 fully saturated rings. The van der Waals surface area contributed by atoms with Gasteiger partial charge in [-0.15, -0.1) is 0 Å². The van der Waals surface area contributed by atoms with Crippen molar-refractivity contribution in [3.8, 4) is 0 Å². The van der Waals surface area contributed by atoms with Crippen molar-refractivity contribution < 1.29 is 4.79 Å². The maximum absolute atomic E-state index is 11.2. The van der Waals surface area contributed by atoms with Gasteiger partial charge in [-0.2, -0.15) is 11.3 Å². The van der Waals surface area contributed by atoms with Crippen LogP contribution >= 0.6 is 11.3 Å². The normalized spacial score (nSPS) is 11.7. The van der Waals surface area contributed by atoms with Crippen molar-refractivity contribution in [2.75, 3.05) is 0 Å². The van der Waals surface area contributed by atoms with Crippen LogP contribution in [0.4, 0.5) is 0 Å². The van der Waals surface area contributed by atoms with Gasteiger partial charge in [0.1, 0.15) is 0 Å². The van der Waals surface area contributed by atoms with Gasteiger partial charge in [0.25, 0.3) is 0 Å². The highest BCUT2D eigenvalue weighted by molar-refractivity contribution is 7.25. The highest BCUT2D eigenvalue weighted by Crippen LogP contribution is 2.12. The second kappa shape index (κ2) is 3.15. The molecule has 0 unspecified atom stereocenters. The minimum absolute atomic E-state index is 0.202. The Bertz CT molecular complexity index is 296. The molecule has 0 saturated heterocycles. The first-order valence-corrected chi connectivity index (χ1v) is 8.40. The summed E-state index contributed by atoms with van der Waals surface area (Å²) in [5.41, 5.74) is 0.944. The molecule has 0 spiro atoms. The Morgan fingerprint density at radius 1 is 1.42 bits per heavy atom. The monoisotopic (exact) mass is 198 g/mol. The summed E-state index contributed by atoms with van der Waals surface area (Å²) in [5, 5.41) is 2.02. The molecule has 1 aromatic heterocycles. The van der Waals surface area contributed by atoms with Gasteiger partial charge < -0.3 is 0 Å². The molecule has 0 aromatic carbocycles. The Hall–Kier alpha value is -0.413. The molecule has 0 bridgehead atoms. The van der Waals surface area contributed by atoms with Gasteiger partial charge in [0.05, 0.1) is 8.07 Å². The maximum Gasteiger partial charge on any atom is 0.160 e. The molecule has 3 heteroatoms. The second-order valence-electron chi connectivity index (χ2n) is 3.97. The van der Waals surface area contributed by atoms with Gasteiger partial charge in [-0.25, -0.2) is 0 Å². The van der Waals surface area contributed by atoms with E-state index in [4.69, 9.17) is 0 Å². The molecule has 12 heavy (non-hydrogen) atoms. The largest absolute Gasteiger partial charge is 0.294 e. The molecule has 0 atom stereocenters. The van der Waals surface area contributed by atoms with E-state index in [1.54, 1.807) is 18.3 Å². The molecule has 0 saturated carbocycles. The third kappa shape index (κ3) is 1.84. The number of rotatable bonds is 2. The topological polar surface area (TPSA) is 17.1 Å². The van der Waals surface area contributed by atoms with Crippen LogP contribution in [0.1, 0.15) is 17.3 Å². The van der Waals surface area contributed by atoms with Gasteiger partial charge in [0, 0.05) is 10.1 Å². The molecule has 1 heterocycles. The van der Waals surface area contributed by atoms with E-state index >= 15 is 0 Å². The smallest absolute Gasteiger partial charge is 0.160 e. The molecule has 0 aliphatic carbocycles. The molecule has 1 aromatic rings. The molecule has 0 N–H and O–H groups in total. The minimum Gasteiger partial charge on any atom is -0.294 e. The summed E-state index contributed by atoms with van der Waals surface area (Å²) in [6.45, 7) is 8.45. The van der Waals surface area contributed by atoms with E-state index < -0.39 is 8.07 Å². The van der Waals surface area contributed by atoms with Crippen LogP contribution in [0.25, 0.3) is 0 Å². The molecular formula is C9H14OSSi. The van der Waals surface area contributed by atoms with Crippen LogP contribution in [-0.4, -0.2) is 13.9 Å². The summed E-state index contributed by atoms with van der Waals surface area (Å²) in [5.74, 6) is 0.202. The second-order valence-corrected chi connectivity index (χ2v) is 10.2. The van der Waals surface area contributed by atoms with Gasteiger partial charge in [-0.1, -0.05) is 19.6 Å². The summed E-state index contributed by atoms with van der Waals surface area (Å²) in [7, 11) is -1.29. The fourth-order valence-corrected chi connectivity index (χ4v) is 4.53. The number of hydrogen-bond donors (Lipinski definition) is 0. The summed E-state index contributed by atoms with van der Waals surface area (Å²) in [6, 6.07) is 1.95. The van der Waals surface area contributed by atoms with E-state index in [1.165, 1.54) is 4.50 Å². The molecule has 0 amide bonds. The molecule has 1 rings (SSSR count). The Morgan fingerprint density at radius 3 is 2.33 bits per heavy atom. The van der Waals surface area contributed by atoms with Crippen LogP contribution in [-0.2, 0) is 0 Å². The number of thiophene rings is 1. The zero-order chi connectivity index (χ0) is 9.35. The lowest BCUT2D eigenvalue weighted by Gasteiger charge is -2.15. The third-order valence-corrected chi connectivity index (χ3v) is 6.28. The average molecular weight is 198 g/mol. The Labute approximate surface area is 78.4 Å². The van der Waals surface area contributed by atoms with Crippen LogP contribution in [0.15, 0.2) is 11.4 Å². The zero-order valence-corrected chi connectivity index (χ0v) is 9.79.